The first-order valence-corrected chi connectivity index (χ1v) is 11.8. The number of benzene rings is 2. The summed E-state index contributed by atoms with van der Waals surface area (Å²) < 4.78 is 46.2. The molecule has 0 radical (unpaired) electrons. The lowest BCUT2D eigenvalue weighted by molar-refractivity contribution is -0.126. The fourth-order valence-electron chi connectivity index (χ4n) is 3.81. The number of piperidine rings is 1. The number of ether oxygens (including phenoxy) is 1. The van der Waals surface area contributed by atoms with Crippen LogP contribution in [0.4, 0.5) is 10.1 Å². The van der Waals surface area contributed by atoms with Gasteiger partial charge in [-0.15, -0.1) is 0 Å². The highest BCUT2D eigenvalue weighted by atomic mass is 32.2. The summed E-state index contributed by atoms with van der Waals surface area (Å²) in [5, 5.41) is 5.46. The first kappa shape index (κ1) is 22.2. The molecule has 0 unspecified atom stereocenters. The minimum Gasteiger partial charge on any atom is -0.479 e. The van der Waals surface area contributed by atoms with Crippen molar-refractivity contribution >= 4 is 27.5 Å². The van der Waals surface area contributed by atoms with Crippen LogP contribution in [-0.4, -0.2) is 43.7 Å². The van der Waals surface area contributed by atoms with Crippen molar-refractivity contribution in [2.24, 2.45) is 5.92 Å². The van der Waals surface area contributed by atoms with Crippen LogP contribution in [0.3, 0.4) is 0 Å². The van der Waals surface area contributed by atoms with E-state index < -0.39 is 22.0 Å². The van der Waals surface area contributed by atoms with Crippen LogP contribution in [0.1, 0.15) is 25.3 Å². The lowest BCUT2D eigenvalue weighted by Crippen LogP contribution is -2.45. The maximum Gasteiger partial charge on any atom is 0.265 e. The van der Waals surface area contributed by atoms with E-state index in [1.807, 2.05) is 0 Å². The van der Waals surface area contributed by atoms with E-state index in [0.717, 1.165) is 5.56 Å². The molecule has 2 heterocycles. The number of nitrogens with zero attached hydrogens (tertiary/aromatic N) is 1. The minimum absolute atomic E-state index is 0.0297. The zero-order chi connectivity index (χ0) is 22.9. The van der Waals surface area contributed by atoms with Gasteiger partial charge >= 0.3 is 0 Å². The van der Waals surface area contributed by atoms with Gasteiger partial charge in [0.2, 0.25) is 15.9 Å². The molecule has 8 nitrogen and oxygen atoms in total. The van der Waals surface area contributed by atoms with Crippen molar-refractivity contribution in [3.8, 4) is 5.75 Å². The van der Waals surface area contributed by atoms with Crippen molar-refractivity contribution < 1.29 is 27.1 Å². The van der Waals surface area contributed by atoms with Crippen molar-refractivity contribution in [2.75, 3.05) is 18.4 Å². The highest BCUT2D eigenvalue weighted by Crippen LogP contribution is 2.33. The summed E-state index contributed by atoms with van der Waals surface area (Å²) in [5.41, 5.74) is 1.06. The third-order valence-electron chi connectivity index (χ3n) is 5.65. The Labute approximate surface area is 185 Å². The molecule has 0 bridgehead atoms. The topological polar surface area (TPSA) is 105 Å². The molecule has 0 aromatic heterocycles. The normalized spacial score (nSPS) is 21.2. The Hall–Kier alpha value is -2.98. The van der Waals surface area contributed by atoms with Gasteiger partial charge in [0, 0.05) is 19.6 Å². The molecule has 1 fully saturated rings. The van der Waals surface area contributed by atoms with Crippen LogP contribution in [0.2, 0.25) is 0 Å². The Morgan fingerprint density at radius 2 is 2.00 bits per heavy atom. The predicted molar refractivity (Wildman–Crippen MR) is 115 cm³/mol. The first-order chi connectivity index (χ1) is 15.2. The van der Waals surface area contributed by atoms with E-state index in [4.69, 9.17) is 4.74 Å². The molecule has 170 valence electrons. The SMILES string of the molecule is C[C@H]1Oc2ccc(S(=O)(=O)N3CCC[C@H](C(=O)NCc4ccc(F)cc4)C3)cc2NC1=O. The van der Waals surface area contributed by atoms with Gasteiger partial charge in [-0.05, 0) is 55.7 Å². The Morgan fingerprint density at radius 3 is 2.75 bits per heavy atom. The van der Waals surface area contributed by atoms with E-state index in [2.05, 4.69) is 10.6 Å². The number of nitrogens with one attached hydrogen (secondary N) is 2. The summed E-state index contributed by atoms with van der Waals surface area (Å²) in [7, 11) is -3.86. The molecule has 2 amide bonds. The third kappa shape index (κ3) is 4.61. The maximum atomic E-state index is 13.2. The molecular formula is C22H24FN3O5S. The van der Waals surface area contributed by atoms with Gasteiger partial charge in [-0.3, -0.25) is 9.59 Å². The number of hydrogen-bond donors (Lipinski definition) is 2. The standard InChI is InChI=1S/C22H24FN3O5S/c1-14-21(27)25-19-11-18(8-9-20(19)31-14)32(29,30)26-10-2-3-16(13-26)22(28)24-12-15-4-6-17(23)7-5-15/h4-9,11,14,16H,2-3,10,12-13H2,1H3,(H,24,28)(H,25,27)/t14-,16+/m1/s1. The van der Waals surface area contributed by atoms with Gasteiger partial charge in [0.15, 0.2) is 6.10 Å². The molecule has 2 aromatic carbocycles. The van der Waals surface area contributed by atoms with Crippen LogP contribution in [0.5, 0.6) is 5.75 Å². The van der Waals surface area contributed by atoms with Gasteiger partial charge in [-0.1, -0.05) is 12.1 Å². The van der Waals surface area contributed by atoms with E-state index in [1.54, 1.807) is 19.1 Å². The smallest absolute Gasteiger partial charge is 0.265 e. The number of carbonyl (C=O) groups is 2. The van der Waals surface area contributed by atoms with Gasteiger partial charge < -0.3 is 15.4 Å². The lowest BCUT2D eigenvalue weighted by atomic mass is 9.99. The molecule has 1 saturated heterocycles. The van der Waals surface area contributed by atoms with Crippen molar-refractivity contribution in [2.45, 2.75) is 37.3 Å². The summed E-state index contributed by atoms with van der Waals surface area (Å²) in [6.07, 6.45) is 0.477. The molecule has 2 aliphatic rings. The van der Waals surface area contributed by atoms with Crippen LogP contribution in [0.25, 0.3) is 0 Å². The molecule has 4 rings (SSSR count). The second-order valence-corrected chi connectivity index (χ2v) is 9.89. The lowest BCUT2D eigenvalue weighted by Gasteiger charge is -2.31. The van der Waals surface area contributed by atoms with Crippen LogP contribution in [0, 0.1) is 11.7 Å². The fraction of sp³-hybridized carbons (Fsp3) is 0.364. The van der Waals surface area contributed by atoms with E-state index in [9.17, 15) is 22.4 Å². The number of halogens is 1. The quantitative estimate of drug-likeness (QED) is 0.711. The molecule has 0 aliphatic carbocycles. The molecule has 32 heavy (non-hydrogen) atoms. The molecule has 2 aliphatic heterocycles. The van der Waals surface area contributed by atoms with Gasteiger partial charge in [0.25, 0.3) is 5.91 Å². The second-order valence-electron chi connectivity index (χ2n) is 7.95. The summed E-state index contributed by atoms with van der Waals surface area (Å²) in [4.78, 5) is 24.5. The number of anilines is 1. The van der Waals surface area contributed by atoms with Gasteiger partial charge in [-0.2, -0.15) is 4.31 Å². The van der Waals surface area contributed by atoms with Crippen molar-refractivity contribution in [3.05, 3.63) is 53.8 Å². The van der Waals surface area contributed by atoms with Gasteiger partial charge in [0.05, 0.1) is 16.5 Å². The molecular weight excluding hydrogens is 437 g/mol. The van der Waals surface area contributed by atoms with Crippen molar-refractivity contribution in [3.63, 3.8) is 0 Å². The van der Waals surface area contributed by atoms with E-state index >= 15 is 0 Å². The average Bonchev–Trinajstić information content (AvgIpc) is 2.79. The molecule has 10 heteroatoms. The number of fused-ring (bicyclic) bond motifs is 1. The second kappa shape index (κ2) is 8.87. The van der Waals surface area contributed by atoms with E-state index in [1.165, 1.54) is 34.6 Å². The molecule has 2 N–H and O–H groups in total. The predicted octanol–water partition coefficient (Wildman–Crippen LogP) is 2.26. The van der Waals surface area contributed by atoms with Crippen LogP contribution >= 0.6 is 0 Å². The highest BCUT2D eigenvalue weighted by molar-refractivity contribution is 7.89. The third-order valence-corrected chi connectivity index (χ3v) is 7.52. The Balaban J connectivity index is 1.44. The Bertz CT molecular complexity index is 1140. The number of hydrogen-bond acceptors (Lipinski definition) is 5. The first-order valence-electron chi connectivity index (χ1n) is 10.4. The van der Waals surface area contributed by atoms with Gasteiger partial charge in [0.1, 0.15) is 11.6 Å². The highest BCUT2D eigenvalue weighted by Gasteiger charge is 2.34. The van der Waals surface area contributed by atoms with Crippen LogP contribution < -0.4 is 15.4 Å². The summed E-state index contributed by atoms with van der Waals surface area (Å²) in [6, 6.07) is 10.2. The number of amides is 2. The van der Waals surface area contributed by atoms with Gasteiger partial charge in [-0.25, -0.2) is 12.8 Å². The van der Waals surface area contributed by atoms with Crippen molar-refractivity contribution in [1.82, 2.24) is 9.62 Å². The Kier molecular flexibility index (Phi) is 6.16. The molecule has 0 spiro atoms. The van der Waals surface area contributed by atoms with Crippen LogP contribution in [0.15, 0.2) is 47.4 Å². The summed E-state index contributed by atoms with van der Waals surface area (Å²) in [5.74, 6) is -1.01. The zero-order valence-electron chi connectivity index (χ0n) is 17.5. The number of rotatable bonds is 5. The summed E-state index contributed by atoms with van der Waals surface area (Å²) in [6.45, 7) is 2.22. The zero-order valence-corrected chi connectivity index (χ0v) is 18.3. The van der Waals surface area contributed by atoms with E-state index in [0.29, 0.717) is 30.8 Å². The average molecular weight is 462 g/mol. The van der Waals surface area contributed by atoms with E-state index in [-0.39, 0.29) is 35.6 Å². The molecule has 0 saturated carbocycles. The summed E-state index contributed by atoms with van der Waals surface area (Å²) >= 11 is 0. The monoisotopic (exact) mass is 461 g/mol. The molecule has 2 atom stereocenters. The number of carbonyl (C=O) groups excluding carboxylic acids is 2. The minimum atomic E-state index is -3.86. The fourth-order valence-corrected chi connectivity index (χ4v) is 5.36. The molecule has 2 aromatic rings. The largest absolute Gasteiger partial charge is 0.479 e. The van der Waals surface area contributed by atoms with Crippen molar-refractivity contribution in [1.29, 1.82) is 0 Å². The van der Waals surface area contributed by atoms with Crippen LogP contribution in [-0.2, 0) is 26.2 Å². The number of sulfonamides is 1. The maximum absolute atomic E-state index is 13.2. The Morgan fingerprint density at radius 1 is 1.25 bits per heavy atom.